The summed E-state index contributed by atoms with van der Waals surface area (Å²) in [5.41, 5.74) is 4.50. The van der Waals surface area contributed by atoms with Crippen LogP contribution in [0.1, 0.15) is 50.3 Å². The smallest absolute Gasteiger partial charge is 0.0399 e. The summed E-state index contributed by atoms with van der Waals surface area (Å²) in [6, 6.07) is 7.57. The molecule has 0 bridgehead atoms. The first kappa shape index (κ1) is 13.0. The molecule has 1 aliphatic carbocycles. The number of benzene rings is 1. The van der Waals surface area contributed by atoms with Gasteiger partial charge in [-0.2, -0.15) is 0 Å². The van der Waals surface area contributed by atoms with Gasteiger partial charge >= 0.3 is 0 Å². The molecule has 0 saturated heterocycles. The van der Waals surface area contributed by atoms with Gasteiger partial charge in [0.2, 0.25) is 0 Å². The normalized spacial score (nSPS) is 19.6. The Labute approximate surface area is 117 Å². The third-order valence-corrected chi connectivity index (χ3v) is 4.47. The summed E-state index contributed by atoms with van der Waals surface area (Å²) >= 11 is 0. The largest absolute Gasteiger partial charge is 0.371 e. The summed E-state index contributed by atoms with van der Waals surface area (Å²) < 4.78 is 0. The number of anilines is 1. The molecule has 0 amide bonds. The zero-order chi connectivity index (χ0) is 13.2. The fourth-order valence-corrected chi connectivity index (χ4v) is 3.04. The molecule has 1 atom stereocenters. The lowest BCUT2D eigenvalue weighted by molar-refractivity contribution is 0.570. The number of nitrogens with one attached hydrogen (secondary N) is 1. The Bertz CT molecular complexity index is 437. The molecule has 1 heterocycles. The minimum absolute atomic E-state index is 0.475. The Morgan fingerprint density at radius 2 is 2.21 bits per heavy atom. The Balaban J connectivity index is 1.69. The highest BCUT2D eigenvalue weighted by molar-refractivity contribution is 5.59. The second-order valence-corrected chi connectivity index (χ2v) is 6.20. The van der Waals surface area contributed by atoms with Crippen molar-refractivity contribution in [1.29, 1.82) is 0 Å². The van der Waals surface area contributed by atoms with Crippen LogP contribution in [-0.4, -0.2) is 19.6 Å². The lowest BCUT2D eigenvalue weighted by Gasteiger charge is -2.20. The van der Waals surface area contributed by atoms with Gasteiger partial charge in [-0.05, 0) is 62.3 Å². The SMILES string of the molecule is CCCNC(C)c1ccc2c(c1)CCN2CC1CC1. The van der Waals surface area contributed by atoms with Gasteiger partial charge in [0.1, 0.15) is 0 Å². The van der Waals surface area contributed by atoms with Crippen molar-refractivity contribution in [1.82, 2.24) is 5.32 Å². The highest BCUT2D eigenvalue weighted by Gasteiger charge is 2.28. The maximum Gasteiger partial charge on any atom is 0.0399 e. The molecule has 2 heteroatoms. The average Bonchev–Trinajstić information content (AvgIpc) is 3.16. The summed E-state index contributed by atoms with van der Waals surface area (Å²) in [6.07, 6.45) is 5.32. The van der Waals surface area contributed by atoms with Crippen LogP contribution in [0.2, 0.25) is 0 Å². The molecular formula is C17H26N2. The van der Waals surface area contributed by atoms with E-state index in [1.54, 1.807) is 5.56 Å². The van der Waals surface area contributed by atoms with E-state index in [0.717, 1.165) is 12.5 Å². The number of nitrogens with zero attached hydrogens (tertiary/aromatic N) is 1. The van der Waals surface area contributed by atoms with E-state index in [0.29, 0.717) is 6.04 Å². The van der Waals surface area contributed by atoms with Crippen LogP contribution in [0.3, 0.4) is 0 Å². The summed E-state index contributed by atoms with van der Waals surface area (Å²) in [5, 5.41) is 3.58. The van der Waals surface area contributed by atoms with Gasteiger partial charge in [-0.15, -0.1) is 0 Å². The average molecular weight is 258 g/mol. The van der Waals surface area contributed by atoms with Crippen molar-refractivity contribution in [3.05, 3.63) is 29.3 Å². The first-order valence-electron chi connectivity index (χ1n) is 7.89. The number of hydrogen-bond acceptors (Lipinski definition) is 2. The molecule has 0 spiro atoms. The van der Waals surface area contributed by atoms with Gasteiger partial charge in [0, 0.05) is 24.8 Å². The van der Waals surface area contributed by atoms with E-state index < -0.39 is 0 Å². The third kappa shape index (κ3) is 2.94. The third-order valence-electron chi connectivity index (χ3n) is 4.47. The molecule has 2 nitrogen and oxygen atoms in total. The highest BCUT2D eigenvalue weighted by Crippen LogP contribution is 2.36. The lowest BCUT2D eigenvalue weighted by Crippen LogP contribution is -2.23. The first-order valence-corrected chi connectivity index (χ1v) is 7.89. The Hall–Kier alpha value is -1.02. The van der Waals surface area contributed by atoms with E-state index in [2.05, 4.69) is 42.3 Å². The Morgan fingerprint density at radius 1 is 1.37 bits per heavy atom. The maximum atomic E-state index is 3.58. The summed E-state index contributed by atoms with van der Waals surface area (Å²) in [7, 11) is 0. The van der Waals surface area contributed by atoms with E-state index in [1.165, 1.54) is 50.0 Å². The van der Waals surface area contributed by atoms with Crippen LogP contribution in [0.4, 0.5) is 5.69 Å². The van der Waals surface area contributed by atoms with Crippen LogP contribution in [-0.2, 0) is 6.42 Å². The Kier molecular flexibility index (Phi) is 3.79. The molecule has 1 aromatic carbocycles. The van der Waals surface area contributed by atoms with Crippen LogP contribution in [0.25, 0.3) is 0 Å². The number of fused-ring (bicyclic) bond motifs is 1. The van der Waals surface area contributed by atoms with Gasteiger partial charge in [-0.3, -0.25) is 0 Å². The zero-order valence-corrected chi connectivity index (χ0v) is 12.3. The molecule has 0 radical (unpaired) electrons. The lowest BCUT2D eigenvalue weighted by atomic mass is 10.0. The topological polar surface area (TPSA) is 15.3 Å². The molecule has 1 aromatic rings. The molecule has 1 saturated carbocycles. The van der Waals surface area contributed by atoms with Crippen LogP contribution in [0, 0.1) is 5.92 Å². The molecule has 0 aromatic heterocycles. The molecule has 2 aliphatic rings. The second kappa shape index (κ2) is 5.54. The van der Waals surface area contributed by atoms with Gasteiger partial charge in [0.25, 0.3) is 0 Å². The zero-order valence-electron chi connectivity index (χ0n) is 12.3. The minimum atomic E-state index is 0.475. The van der Waals surface area contributed by atoms with Gasteiger partial charge in [0.15, 0.2) is 0 Å². The fraction of sp³-hybridized carbons (Fsp3) is 0.647. The molecule has 1 aliphatic heterocycles. The molecule has 3 rings (SSSR count). The van der Waals surface area contributed by atoms with Crippen LogP contribution < -0.4 is 10.2 Å². The van der Waals surface area contributed by atoms with Crippen molar-refractivity contribution in [2.75, 3.05) is 24.5 Å². The Morgan fingerprint density at radius 3 is 2.95 bits per heavy atom. The van der Waals surface area contributed by atoms with Crippen molar-refractivity contribution in [2.24, 2.45) is 5.92 Å². The van der Waals surface area contributed by atoms with Crippen LogP contribution in [0.15, 0.2) is 18.2 Å². The van der Waals surface area contributed by atoms with E-state index >= 15 is 0 Å². The van der Waals surface area contributed by atoms with Crippen molar-refractivity contribution in [2.45, 2.75) is 45.6 Å². The maximum absolute atomic E-state index is 3.58. The first-order chi connectivity index (χ1) is 9.28. The van der Waals surface area contributed by atoms with E-state index in [1.807, 2.05) is 0 Å². The monoisotopic (exact) mass is 258 g/mol. The highest BCUT2D eigenvalue weighted by atomic mass is 15.2. The van der Waals surface area contributed by atoms with E-state index in [-0.39, 0.29) is 0 Å². The predicted octanol–water partition coefficient (Wildman–Crippen LogP) is 3.52. The van der Waals surface area contributed by atoms with Crippen molar-refractivity contribution < 1.29 is 0 Å². The summed E-state index contributed by atoms with van der Waals surface area (Å²) in [5.74, 6) is 0.982. The molecular weight excluding hydrogens is 232 g/mol. The standard InChI is InChI=1S/C17H26N2/c1-3-9-18-13(2)15-6-7-17-16(11-15)8-10-19(17)12-14-4-5-14/h6-7,11,13-14,18H,3-5,8-10,12H2,1-2H3. The summed E-state index contributed by atoms with van der Waals surface area (Å²) in [4.78, 5) is 2.60. The van der Waals surface area contributed by atoms with Crippen molar-refractivity contribution in [3.8, 4) is 0 Å². The van der Waals surface area contributed by atoms with Crippen molar-refractivity contribution >= 4 is 5.69 Å². The summed E-state index contributed by atoms with van der Waals surface area (Å²) in [6.45, 7) is 8.11. The number of rotatable bonds is 6. The minimum Gasteiger partial charge on any atom is -0.371 e. The van der Waals surface area contributed by atoms with E-state index in [4.69, 9.17) is 0 Å². The van der Waals surface area contributed by atoms with Crippen LogP contribution >= 0.6 is 0 Å². The predicted molar refractivity (Wildman–Crippen MR) is 81.8 cm³/mol. The van der Waals surface area contributed by atoms with Gasteiger partial charge < -0.3 is 10.2 Å². The molecule has 1 N–H and O–H groups in total. The molecule has 19 heavy (non-hydrogen) atoms. The van der Waals surface area contributed by atoms with Crippen molar-refractivity contribution in [3.63, 3.8) is 0 Å². The number of hydrogen-bond donors (Lipinski definition) is 1. The second-order valence-electron chi connectivity index (χ2n) is 6.20. The van der Waals surface area contributed by atoms with Crippen LogP contribution in [0.5, 0.6) is 0 Å². The fourth-order valence-electron chi connectivity index (χ4n) is 3.04. The van der Waals surface area contributed by atoms with Gasteiger partial charge in [-0.1, -0.05) is 19.1 Å². The van der Waals surface area contributed by atoms with Gasteiger partial charge in [0.05, 0.1) is 0 Å². The van der Waals surface area contributed by atoms with E-state index in [9.17, 15) is 0 Å². The quantitative estimate of drug-likeness (QED) is 0.840. The molecule has 104 valence electrons. The molecule has 1 unspecified atom stereocenters. The molecule has 1 fully saturated rings. The van der Waals surface area contributed by atoms with Gasteiger partial charge in [-0.25, -0.2) is 0 Å².